The van der Waals surface area contributed by atoms with Gasteiger partial charge in [-0.2, -0.15) is 0 Å². The van der Waals surface area contributed by atoms with E-state index in [2.05, 4.69) is 29.2 Å². The summed E-state index contributed by atoms with van der Waals surface area (Å²) in [6.45, 7) is 4.11. The molecule has 1 aliphatic carbocycles. The Hall–Kier alpha value is -2.42. The molecule has 178 valence electrons. The first-order valence-electron chi connectivity index (χ1n) is 12.0. The van der Waals surface area contributed by atoms with Crippen LogP contribution >= 0.6 is 23.1 Å². The number of hydrogen-bond donors (Lipinski definition) is 0. The highest BCUT2D eigenvalue weighted by Gasteiger charge is 2.23. The highest BCUT2D eigenvalue weighted by molar-refractivity contribution is 7.99. The summed E-state index contributed by atoms with van der Waals surface area (Å²) in [5.41, 5.74) is 2.44. The van der Waals surface area contributed by atoms with Crippen molar-refractivity contribution in [2.24, 2.45) is 7.05 Å². The summed E-state index contributed by atoms with van der Waals surface area (Å²) in [5, 5.41) is 1.43. The summed E-state index contributed by atoms with van der Waals surface area (Å²) in [6, 6.07) is 10.3. The average Bonchev–Trinajstić information content (AvgIpc) is 3.24. The second-order valence-corrected chi connectivity index (χ2v) is 11.0. The lowest BCUT2D eigenvalue weighted by atomic mass is 9.97. The number of thioether (sulfide) groups is 1. The second kappa shape index (κ2) is 10.5. The van der Waals surface area contributed by atoms with Crippen molar-refractivity contribution in [3.05, 3.63) is 62.8 Å². The Morgan fingerprint density at radius 3 is 2.68 bits per heavy atom. The van der Waals surface area contributed by atoms with Gasteiger partial charge in [-0.05, 0) is 36.8 Å². The smallest absolute Gasteiger partial charge is 0.262 e. The molecule has 8 heteroatoms. The number of fused-ring (bicyclic) bond motifs is 3. The number of carbonyl (C=O) groups excluding carboxylic acids is 1. The van der Waals surface area contributed by atoms with Crippen molar-refractivity contribution in [1.82, 2.24) is 19.4 Å². The Bertz CT molecular complexity index is 1260. The van der Waals surface area contributed by atoms with Crippen molar-refractivity contribution in [1.29, 1.82) is 0 Å². The molecule has 2 aromatic heterocycles. The predicted octanol–water partition coefficient (Wildman–Crippen LogP) is 3.82. The maximum atomic E-state index is 13.1. The Balaban J connectivity index is 1.16. The molecule has 2 aliphatic rings. The van der Waals surface area contributed by atoms with Gasteiger partial charge >= 0.3 is 0 Å². The van der Waals surface area contributed by atoms with E-state index in [-0.39, 0.29) is 11.5 Å². The number of piperazine rings is 1. The van der Waals surface area contributed by atoms with E-state index in [1.54, 1.807) is 23.0 Å². The van der Waals surface area contributed by atoms with E-state index in [4.69, 9.17) is 4.98 Å². The topological polar surface area (TPSA) is 58.4 Å². The monoisotopic (exact) mass is 494 g/mol. The molecule has 1 aliphatic heterocycles. The van der Waals surface area contributed by atoms with Crippen molar-refractivity contribution in [2.75, 3.05) is 38.5 Å². The van der Waals surface area contributed by atoms with Gasteiger partial charge in [0.15, 0.2) is 5.16 Å². The predicted molar refractivity (Wildman–Crippen MR) is 141 cm³/mol. The summed E-state index contributed by atoms with van der Waals surface area (Å²) in [5.74, 6) is 0.425. The molecule has 0 spiro atoms. The van der Waals surface area contributed by atoms with Crippen LogP contribution in [0.3, 0.4) is 0 Å². The van der Waals surface area contributed by atoms with Crippen LogP contribution < -0.4 is 5.56 Å². The van der Waals surface area contributed by atoms with Crippen LogP contribution in [-0.2, 0) is 24.7 Å². The summed E-state index contributed by atoms with van der Waals surface area (Å²) >= 11 is 3.04. The lowest BCUT2D eigenvalue weighted by Crippen LogP contribution is -2.49. The van der Waals surface area contributed by atoms with Crippen LogP contribution in [0.2, 0.25) is 0 Å². The van der Waals surface area contributed by atoms with Crippen LogP contribution in [0.25, 0.3) is 16.3 Å². The third-order valence-corrected chi connectivity index (χ3v) is 8.88. The minimum Gasteiger partial charge on any atom is -0.339 e. The normalized spacial score (nSPS) is 16.9. The standard InChI is InChI=1S/C26H30N4O2S2/c1-28-25(32)23-20-11-5-6-12-21(20)34-24(23)27-26(28)33-18-22(31)30-16-14-29(15-17-30)13-7-10-19-8-3-2-4-9-19/h2-4,7-10H,5-6,11-18H2,1H3/b10-7+. The van der Waals surface area contributed by atoms with E-state index in [0.717, 1.165) is 62.2 Å². The van der Waals surface area contributed by atoms with Gasteiger partial charge in [0.25, 0.3) is 5.56 Å². The Labute approximate surface area is 208 Å². The fourth-order valence-electron chi connectivity index (χ4n) is 4.70. The zero-order valence-electron chi connectivity index (χ0n) is 19.5. The molecule has 0 atom stereocenters. The second-order valence-electron chi connectivity index (χ2n) is 8.93. The molecule has 1 fully saturated rings. The van der Waals surface area contributed by atoms with Gasteiger partial charge in [0, 0.05) is 44.6 Å². The van der Waals surface area contributed by atoms with E-state index in [0.29, 0.717) is 10.9 Å². The molecule has 1 amide bonds. The number of thiophene rings is 1. The molecule has 5 rings (SSSR count). The largest absolute Gasteiger partial charge is 0.339 e. The number of benzene rings is 1. The first-order chi connectivity index (χ1) is 16.6. The minimum absolute atomic E-state index is 0.0246. The van der Waals surface area contributed by atoms with Crippen molar-refractivity contribution in [3.8, 4) is 0 Å². The number of carbonyl (C=O) groups is 1. The van der Waals surface area contributed by atoms with E-state index in [9.17, 15) is 9.59 Å². The lowest BCUT2D eigenvalue weighted by Gasteiger charge is -2.34. The molecule has 6 nitrogen and oxygen atoms in total. The maximum absolute atomic E-state index is 13.1. The summed E-state index contributed by atoms with van der Waals surface area (Å²) in [7, 11) is 1.77. The Kier molecular flexibility index (Phi) is 7.18. The van der Waals surface area contributed by atoms with E-state index in [1.807, 2.05) is 23.1 Å². The molecule has 0 saturated carbocycles. The zero-order valence-corrected chi connectivity index (χ0v) is 21.2. The minimum atomic E-state index is 0.0246. The molecule has 3 heterocycles. The van der Waals surface area contributed by atoms with Crippen molar-refractivity contribution in [3.63, 3.8) is 0 Å². The quantitative estimate of drug-likeness (QED) is 0.385. The third-order valence-electron chi connectivity index (χ3n) is 6.68. The molecular formula is C26H30N4O2S2. The van der Waals surface area contributed by atoms with Crippen molar-refractivity contribution < 1.29 is 4.79 Å². The van der Waals surface area contributed by atoms with Gasteiger partial charge in [-0.3, -0.25) is 19.1 Å². The first-order valence-corrected chi connectivity index (χ1v) is 13.8. The Morgan fingerprint density at radius 1 is 1.12 bits per heavy atom. The highest BCUT2D eigenvalue weighted by atomic mass is 32.2. The van der Waals surface area contributed by atoms with Crippen LogP contribution in [0.15, 0.2) is 46.4 Å². The fourth-order valence-corrected chi connectivity index (χ4v) is 6.87. The van der Waals surface area contributed by atoms with Gasteiger partial charge in [-0.15, -0.1) is 11.3 Å². The molecule has 0 radical (unpaired) electrons. The first kappa shape index (κ1) is 23.3. The molecule has 1 aromatic carbocycles. The average molecular weight is 495 g/mol. The lowest BCUT2D eigenvalue weighted by molar-refractivity contribution is -0.130. The molecule has 1 saturated heterocycles. The molecule has 0 N–H and O–H groups in total. The maximum Gasteiger partial charge on any atom is 0.262 e. The summed E-state index contributed by atoms with van der Waals surface area (Å²) < 4.78 is 1.62. The third kappa shape index (κ3) is 4.99. The number of nitrogens with zero attached hydrogens (tertiary/aromatic N) is 4. The molecular weight excluding hydrogens is 464 g/mol. The van der Waals surface area contributed by atoms with Gasteiger partial charge in [0.05, 0.1) is 11.1 Å². The van der Waals surface area contributed by atoms with Crippen LogP contribution in [0.4, 0.5) is 0 Å². The number of amides is 1. The van der Waals surface area contributed by atoms with E-state index < -0.39 is 0 Å². The molecule has 3 aromatic rings. The number of aryl methyl sites for hydroxylation is 2. The number of rotatable bonds is 6. The Morgan fingerprint density at radius 2 is 1.88 bits per heavy atom. The summed E-state index contributed by atoms with van der Waals surface area (Å²) in [6.07, 6.45) is 8.69. The van der Waals surface area contributed by atoms with Gasteiger partial charge in [0.2, 0.25) is 5.91 Å². The van der Waals surface area contributed by atoms with Crippen LogP contribution in [0.5, 0.6) is 0 Å². The molecule has 0 unspecified atom stereocenters. The van der Waals surface area contributed by atoms with E-state index >= 15 is 0 Å². The zero-order chi connectivity index (χ0) is 23.5. The van der Waals surface area contributed by atoms with Gasteiger partial charge in [0.1, 0.15) is 4.83 Å². The van der Waals surface area contributed by atoms with Crippen LogP contribution in [-0.4, -0.2) is 63.7 Å². The van der Waals surface area contributed by atoms with Crippen molar-refractivity contribution in [2.45, 2.75) is 30.8 Å². The van der Waals surface area contributed by atoms with Crippen LogP contribution in [0.1, 0.15) is 28.8 Å². The van der Waals surface area contributed by atoms with Crippen molar-refractivity contribution >= 4 is 45.3 Å². The van der Waals surface area contributed by atoms with Gasteiger partial charge in [-0.25, -0.2) is 4.98 Å². The number of aromatic nitrogens is 2. The molecule has 0 bridgehead atoms. The summed E-state index contributed by atoms with van der Waals surface area (Å²) in [4.78, 5) is 37.2. The van der Waals surface area contributed by atoms with Gasteiger partial charge < -0.3 is 4.90 Å². The molecule has 34 heavy (non-hydrogen) atoms. The number of hydrogen-bond acceptors (Lipinski definition) is 6. The fraction of sp³-hybridized carbons (Fsp3) is 0.423. The highest BCUT2D eigenvalue weighted by Crippen LogP contribution is 2.34. The van der Waals surface area contributed by atoms with Crippen LogP contribution in [0, 0.1) is 0 Å². The SMILES string of the molecule is Cn1c(SCC(=O)N2CCN(C/C=C/c3ccccc3)CC2)nc2sc3c(c2c1=O)CCCC3. The van der Waals surface area contributed by atoms with E-state index in [1.165, 1.54) is 34.2 Å². The van der Waals surface area contributed by atoms with Gasteiger partial charge in [-0.1, -0.05) is 54.2 Å².